The zero-order valence-corrected chi connectivity index (χ0v) is 17.7. The smallest absolute Gasteiger partial charge is 0.270 e. The van der Waals surface area contributed by atoms with Crippen LogP contribution in [-0.2, 0) is 9.47 Å². The second-order valence-electron chi connectivity index (χ2n) is 7.24. The van der Waals surface area contributed by atoms with E-state index in [0.29, 0.717) is 18.9 Å². The van der Waals surface area contributed by atoms with Gasteiger partial charge in [-0.05, 0) is 37.8 Å². The number of carbonyl (C=O) groups excluding carboxylic acids is 1. The molecule has 1 N–H and O–H groups in total. The van der Waals surface area contributed by atoms with Crippen LogP contribution in [0.3, 0.4) is 0 Å². The fourth-order valence-corrected chi connectivity index (χ4v) is 4.18. The lowest BCUT2D eigenvalue weighted by Crippen LogP contribution is -2.39. The van der Waals surface area contributed by atoms with Crippen LogP contribution in [-0.4, -0.2) is 57.9 Å². The summed E-state index contributed by atoms with van der Waals surface area (Å²) in [6, 6.07) is 3.86. The molecule has 1 fully saturated rings. The molecule has 0 saturated heterocycles. The number of hydrogen-bond acceptors (Lipinski definition) is 7. The minimum absolute atomic E-state index is 0.130. The van der Waals surface area contributed by atoms with E-state index in [0.717, 1.165) is 41.9 Å². The quantitative estimate of drug-likeness (QED) is 0.556. The molecule has 158 valence electrons. The second kappa shape index (κ2) is 9.92. The predicted octanol–water partition coefficient (Wildman–Crippen LogP) is 3.09. The molecule has 30 heavy (non-hydrogen) atoms. The first-order chi connectivity index (χ1) is 14.7. The number of rotatable bonds is 8. The number of pyridine rings is 1. The van der Waals surface area contributed by atoms with E-state index in [-0.39, 0.29) is 18.1 Å². The largest absolute Gasteiger partial charge is 0.382 e. The van der Waals surface area contributed by atoms with Crippen molar-refractivity contribution in [3.8, 4) is 16.3 Å². The summed E-state index contributed by atoms with van der Waals surface area (Å²) >= 11 is 1.49. The van der Waals surface area contributed by atoms with Gasteiger partial charge in [0.25, 0.3) is 5.91 Å². The van der Waals surface area contributed by atoms with Crippen LogP contribution in [0.5, 0.6) is 0 Å². The van der Waals surface area contributed by atoms with Gasteiger partial charge in [-0.25, -0.2) is 9.97 Å². The summed E-state index contributed by atoms with van der Waals surface area (Å²) in [6.45, 7) is 1.22. The number of ether oxygens (including phenoxy) is 2. The van der Waals surface area contributed by atoms with Gasteiger partial charge in [-0.2, -0.15) is 0 Å². The highest BCUT2D eigenvalue weighted by molar-refractivity contribution is 7.13. The van der Waals surface area contributed by atoms with Crippen molar-refractivity contribution in [1.82, 2.24) is 24.8 Å². The predicted molar refractivity (Wildman–Crippen MR) is 114 cm³/mol. The number of carbonyl (C=O) groups is 1. The Morgan fingerprint density at radius 3 is 2.80 bits per heavy atom. The van der Waals surface area contributed by atoms with Crippen LogP contribution in [0.25, 0.3) is 16.3 Å². The van der Waals surface area contributed by atoms with Crippen LogP contribution < -0.4 is 5.32 Å². The fraction of sp³-hybridized carbons (Fsp3) is 0.429. The molecule has 1 saturated carbocycles. The molecule has 0 bridgehead atoms. The first-order valence-electron chi connectivity index (χ1n) is 10.0. The monoisotopic (exact) mass is 427 g/mol. The Morgan fingerprint density at radius 2 is 2.10 bits per heavy atom. The van der Waals surface area contributed by atoms with Crippen molar-refractivity contribution in [2.75, 3.05) is 20.3 Å². The molecular formula is C21H25N5O3S. The topological polar surface area (TPSA) is 91.2 Å². The van der Waals surface area contributed by atoms with Gasteiger partial charge in [-0.1, -0.05) is 0 Å². The van der Waals surface area contributed by atoms with Gasteiger partial charge in [0, 0.05) is 31.7 Å². The van der Waals surface area contributed by atoms with E-state index in [1.165, 1.54) is 11.3 Å². The number of aromatic nitrogens is 4. The maximum Gasteiger partial charge on any atom is 0.270 e. The van der Waals surface area contributed by atoms with E-state index < -0.39 is 0 Å². The van der Waals surface area contributed by atoms with E-state index in [2.05, 4.69) is 20.3 Å². The molecule has 3 aromatic heterocycles. The Labute approximate surface area is 179 Å². The van der Waals surface area contributed by atoms with E-state index >= 15 is 0 Å². The molecule has 0 spiro atoms. The lowest BCUT2D eigenvalue weighted by atomic mass is 9.93. The van der Waals surface area contributed by atoms with Crippen LogP contribution in [0.4, 0.5) is 0 Å². The third kappa shape index (κ3) is 5.10. The van der Waals surface area contributed by atoms with Gasteiger partial charge in [-0.15, -0.1) is 11.3 Å². The standard InChI is InChI=1S/C21H25N5O3S/c1-28-8-9-29-17-4-2-15(3-5-17)24-21(27)19-11-16(26-7-6-22-13-26)10-18(25-19)20-12-23-14-30-20/h6-7,10-15,17H,2-5,8-9H2,1H3,(H,24,27)/t15-,17-. The lowest BCUT2D eigenvalue weighted by molar-refractivity contribution is -0.00409. The van der Waals surface area contributed by atoms with Gasteiger partial charge in [0.2, 0.25) is 0 Å². The van der Waals surface area contributed by atoms with Crippen LogP contribution in [0.1, 0.15) is 36.2 Å². The summed E-state index contributed by atoms with van der Waals surface area (Å²) in [6.07, 6.45) is 10.9. The average Bonchev–Trinajstić information content (AvgIpc) is 3.49. The molecule has 8 nitrogen and oxygen atoms in total. The van der Waals surface area contributed by atoms with Gasteiger partial charge in [0.1, 0.15) is 5.69 Å². The first kappa shape index (κ1) is 20.6. The van der Waals surface area contributed by atoms with E-state index in [1.807, 2.05) is 16.8 Å². The van der Waals surface area contributed by atoms with Crippen molar-refractivity contribution in [2.45, 2.75) is 37.8 Å². The van der Waals surface area contributed by atoms with Crippen molar-refractivity contribution < 1.29 is 14.3 Å². The van der Waals surface area contributed by atoms with Crippen molar-refractivity contribution >= 4 is 17.2 Å². The number of thiazole rings is 1. The third-order valence-electron chi connectivity index (χ3n) is 5.18. The van der Waals surface area contributed by atoms with Crippen molar-refractivity contribution in [3.05, 3.63) is 48.3 Å². The van der Waals surface area contributed by atoms with Crippen molar-refractivity contribution in [1.29, 1.82) is 0 Å². The molecule has 0 radical (unpaired) electrons. The maximum atomic E-state index is 13.0. The Morgan fingerprint density at radius 1 is 1.23 bits per heavy atom. The molecule has 1 amide bonds. The fourth-order valence-electron chi connectivity index (χ4n) is 3.59. The summed E-state index contributed by atoms with van der Waals surface area (Å²) in [5.74, 6) is -0.161. The van der Waals surface area contributed by atoms with Crippen LogP contribution in [0, 0.1) is 0 Å². The molecule has 0 unspecified atom stereocenters. The summed E-state index contributed by atoms with van der Waals surface area (Å²) in [4.78, 5) is 26.7. The molecule has 1 aliphatic rings. The SMILES string of the molecule is COCCO[C@H]1CC[C@H](NC(=O)c2cc(-n3ccnc3)cc(-c3cncs3)n2)CC1. The molecular weight excluding hydrogens is 402 g/mol. The van der Waals surface area contributed by atoms with Crippen molar-refractivity contribution in [2.24, 2.45) is 0 Å². The summed E-state index contributed by atoms with van der Waals surface area (Å²) < 4.78 is 12.7. The maximum absolute atomic E-state index is 13.0. The molecule has 3 aromatic rings. The van der Waals surface area contributed by atoms with Crippen LogP contribution >= 0.6 is 11.3 Å². The lowest BCUT2D eigenvalue weighted by Gasteiger charge is -2.29. The second-order valence-corrected chi connectivity index (χ2v) is 8.13. The third-order valence-corrected chi connectivity index (χ3v) is 5.98. The number of amides is 1. The molecule has 4 rings (SSSR count). The van der Waals surface area contributed by atoms with E-state index in [9.17, 15) is 4.79 Å². The molecule has 9 heteroatoms. The minimum atomic E-state index is -0.161. The zero-order valence-electron chi connectivity index (χ0n) is 16.9. The van der Waals surface area contributed by atoms with Crippen molar-refractivity contribution in [3.63, 3.8) is 0 Å². The molecule has 0 aromatic carbocycles. The van der Waals surface area contributed by atoms with Gasteiger partial charge >= 0.3 is 0 Å². The Kier molecular flexibility index (Phi) is 6.83. The molecule has 0 atom stereocenters. The summed E-state index contributed by atoms with van der Waals surface area (Å²) in [5, 5.41) is 3.15. The number of hydrogen-bond donors (Lipinski definition) is 1. The number of nitrogens with zero attached hydrogens (tertiary/aromatic N) is 4. The number of methoxy groups -OCH3 is 1. The number of nitrogens with one attached hydrogen (secondary N) is 1. The van der Waals surface area contributed by atoms with E-state index in [4.69, 9.17) is 9.47 Å². The van der Waals surface area contributed by atoms with Gasteiger partial charge < -0.3 is 19.4 Å². The first-order valence-corrected chi connectivity index (χ1v) is 10.9. The Bertz CT molecular complexity index is 885. The van der Waals surface area contributed by atoms with Gasteiger partial charge in [0.05, 0.1) is 47.4 Å². The Hall–Kier alpha value is -2.62. The molecule has 1 aliphatic carbocycles. The highest BCUT2D eigenvalue weighted by atomic mass is 32.1. The van der Waals surface area contributed by atoms with Crippen LogP contribution in [0.15, 0.2) is 42.6 Å². The Balaban J connectivity index is 1.45. The summed E-state index contributed by atoms with van der Waals surface area (Å²) in [7, 11) is 1.67. The molecule has 0 aliphatic heterocycles. The molecule has 3 heterocycles. The normalized spacial score (nSPS) is 19.0. The summed E-state index contributed by atoms with van der Waals surface area (Å²) in [5.41, 5.74) is 3.71. The van der Waals surface area contributed by atoms with E-state index in [1.54, 1.807) is 37.4 Å². The average molecular weight is 428 g/mol. The van der Waals surface area contributed by atoms with Crippen LogP contribution in [0.2, 0.25) is 0 Å². The highest BCUT2D eigenvalue weighted by Gasteiger charge is 2.24. The highest BCUT2D eigenvalue weighted by Crippen LogP contribution is 2.25. The van der Waals surface area contributed by atoms with Gasteiger partial charge in [0.15, 0.2) is 0 Å². The minimum Gasteiger partial charge on any atom is -0.382 e. The zero-order chi connectivity index (χ0) is 20.8. The van der Waals surface area contributed by atoms with Gasteiger partial charge in [-0.3, -0.25) is 9.78 Å². The number of imidazole rings is 1.